The number of thioether (sulfide) groups is 1. The highest BCUT2D eigenvalue weighted by molar-refractivity contribution is 8.03. The predicted octanol–water partition coefficient (Wildman–Crippen LogP) is 13.4. The molecule has 1 spiro atoms. The zero-order valence-corrected chi connectivity index (χ0v) is 35.3. The van der Waals surface area contributed by atoms with Gasteiger partial charge in [0.05, 0.1) is 16.8 Å². The molecule has 0 saturated carbocycles. The van der Waals surface area contributed by atoms with Gasteiger partial charge in [0.25, 0.3) is 0 Å². The molecule has 1 aliphatic carbocycles. The Kier molecular flexibility index (Phi) is 10.6. The van der Waals surface area contributed by atoms with E-state index in [-0.39, 0.29) is 0 Å². The SMILES string of the molecule is C/C=C1\C(=C/C)SC/C=C\C=C/CC12c1ccc(-c3cc(-c4ccncc4)nc(-c4ccncc4)c3)cc1-c1cc(-c3nc(-c4ccccc4)nc(-c4ccccc4)n3)ccc12. The van der Waals surface area contributed by atoms with Gasteiger partial charge in [-0.1, -0.05) is 121 Å². The lowest BCUT2D eigenvalue weighted by atomic mass is 9.69. The zero-order valence-electron chi connectivity index (χ0n) is 34.5. The normalized spacial score (nSPS) is 18.0. The molecule has 1 aliphatic heterocycles. The van der Waals surface area contributed by atoms with Gasteiger partial charge in [-0.05, 0) is 108 Å². The summed E-state index contributed by atoms with van der Waals surface area (Å²) in [5, 5.41) is 0. The van der Waals surface area contributed by atoms with Crippen LogP contribution < -0.4 is 0 Å². The Morgan fingerprint density at radius 1 is 0.468 bits per heavy atom. The third kappa shape index (κ3) is 7.20. The van der Waals surface area contributed by atoms with Crippen LogP contribution in [-0.4, -0.2) is 35.7 Å². The highest BCUT2D eigenvalue weighted by atomic mass is 32.2. The van der Waals surface area contributed by atoms with E-state index in [9.17, 15) is 0 Å². The van der Waals surface area contributed by atoms with E-state index in [0.717, 1.165) is 62.5 Å². The van der Waals surface area contributed by atoms with Crippen LogP contribution in [0.5, 0.6) is 0 Å². The summed E-state index contributed by atoms with van der Waals surface area (Å²) in [6.07, 6.45) is 21.6. The van der Waals surface area contributed by atoms with Gasteiger partial charge in [0.15, 0.2) is 17.5 Å². The van der Waals surface area contributed by atoms with E-state index in [0.29, 0.717) is 17.5 Å². The maximum Gasteiger partial charge on any atom is 0.164 e. The van der Waals surface area contributed by atoms with Crippen molar-refractivity contribution in [3.05, 3.63) is 216 Å². The Bertz CT molecular complexity index is 2760. The fraction of sp³-hybridized carbons (Fsp3) is 0.0909. The molecule has 4 aromatic carbocycles. The Balaban J connectivity index is 1.21. The smallest absolute Gasteiger partial charge is 0.164 e. The molecule has 0 N–H and O–H groups in total. The molecule has 1 unspecified atom stereocenters. The lowest BCUT2D eigenvalue weighted by Crippen LogP contribution is -2.28. The third-order valence-corrected chi connectivity index (χ3v) is 12.9. The first kappa shape index (κ1) is 38.8. The van der Waals surface area contributed by atoms with Crippen LogP contribution in [0.4, 0.5) is 0 Å². The molecule has 8 aromatic rings. The van der Waals surface area contributed by atoms with Gasteiger partial charge in [-0.25, -0.2) is 19.9 Å². The van der Waals surface area contributed by atoms with Crippen molar-refractivity contribution in [1.82, 2.24) is 29.9 Å². The molecule has 4 aromatic heterocycles. The van der Waals surface area contributed by atoms with Gasteiger partial charge < -0.3 is 0 Å². The standard InChI is InChI=1S/C55H42N6S/c1-3-46-51(4-2)62-32-14-6-5-13-27-55(46)47-21-19-41(43-35-49(37-23-28-56-29-24-37)58-50(36-43)38-25-30-57-31-26-38)33-44(47)45-34-42(20-22-48(45)55)54-60-52(39-15-9-7-10-16-39)59-53(61-54)40-17-11-8-12-18-40/h3-26,28-31,33-36H,27,32H2,1-2H3/b13-5-,14-6-,46-3+,51-4+. The first-order valence-corrected chi connectivity index (χ1v) is 21.9. The van der Waals surface area contributed by atoms with Crippen molar-refractivity contribution in [2.24, 2.45) is 0 Å². The van der Waals surface area contributed by atoms with Crippen LogP contribution in [0, 0.1) is 0 Å². The number of nitrogens with zero attached hydrogens (tertiary/aromatic N) is 6. The number of pyridine rings is 3. The molecule has 62 heavy (non-hydrogen) atoms. The Labute approximate surface area is 366 Å². The number of allylic oxidation sites excluding steroid dienone is 6. The Hall–Kier alpha value is -7.35. The van der Waals surface area contributed by atoms with Crippen molar-refractivity contribution >= 4 is 11.8 Å². The van der Waals surface area contributed by atoms with Gasteiger partial charge in [-0.2, -0.15) is 0 Å². The minimum absolute atomic E-state index is 0.445. The largest absolute Gasteiger partial charge is 0.265 e. The second kappa shape index (κ2) is 17.0. The van der Waals surface area contributed by atoms with E-state index in [4.69, 9.17) is 19.9 Å². The molecule has 2 aliphatic rings. The number of benzene rings is 4. The topological polar surface area (TPSA) is 77.3 Å². The number of fused-ring (bicyclic) bond motifs is 5. The van der Waals surface area contributed by atoms with Crippen molar-refractivity contribution in [3.8, 4) is 78.9 Å². The van der Waals surface area contributed by atoms with Crippen LogP contribution in [0.2, 0.25) is 0 Å². The number of aromatic nitrogens is 6. The monoisotopic (exact) mass is 818 g/mol. The second-order valence-electron chi connectivity index (χ2n) is 15.3. The summed E-state index contributed by atoms with van der Waals surface area (Å²) in [5.41, 5.74) is 14.5. The quantitative estimate of drug-likeness (QED) is 0.165. The van der Waals surface area contributed by atoms with Crippen LogP contribution in [0.15, 0.2) is 205 Å². The Morgan fingerprint density at radius 2 is 0.984 bits per heavy atom. The summed E-state index contributed by atoms with van der Waals surface area (Å²) in [4.78, 5) is 30.3. The number of hydrogen-bond acceptors (Lipinski definition) is 7. The average molecular weight is 819 g/mol. The summed E-state index contributed by atoms with van der Waals surface area (Å²) in [6.45, 7) is 4.35. The van der Waals surface area contributed by atoms with Crippen molar-refractivity contribution in [2.45, 2.75) is 25.7 Å². The molecule has 6 nitrogen and oxygen atoms in total. The lowest BCUT2D eigenvalue weighted by molar-refractivity contribution is 0.640. The van der Waals surface area contributed by atoms with E-state index in [1.54, 1.807) is 0 Å². The summed E-state index contributed by atoms with van der Waals surface area (Å²) in [5.74, 6) is 2.80. The maximum atomic E-state index is 5.15. The molecule has 0 bridgehead atoms. The summed E-state index contributed by atoms with van der Waals surface area (Å²) >= 11 is 1.89. The molecule has 0 fully saturated rings. The summed E-state index contributed by atoms with van der Waals surface area (Å²) in [7, 11) is 0. The molecule has 298 valence electrons. The van der Waals surface area contributed by atoms with Crippen LogP contribution in [0.1, 0.15) is 31.4 Å². The van der Waals surface area contributed by atoms with Crippen molar-refractivity contribution in [1.29, 1.82) is 0 Å². The fourth-order valence-corrected chi connectivity index (χ4v) is 9.85. The molecular formula is C55H42N6S. The van der Waals surface area contributed by atoms with Gasteiger partial charge in [-0.3, -0.25) is 9.97 Å². The molecule has 1 atom stereocenters. The van der Waals surface area contributed by atoms with E-state index in [1.165, 1.54) is 32.7 Å². The molecular weight excluding hydrogens is 777 g/mol. The minimum atomic E-state index is -0.445. The highest BCUT2D eigenvalue weighted by Gasteiger charge is 2.46. The highest BCUT2D eigenvalue weighted by Crippen LogP contribution is 2.58. The van der Waals surface area contributed by atoms with Crippen molar-refractivity contribution in [3.63, 3.8) is 0 Å². The van der Waals surface area contributed by atoms with Crippen LogP contribution >= 0.6 is 11.8 Å². The van der Waals surface area contributed by atoms with Crippen LogP contribution in [0.3, 0.4) is 0 Å². The van der Waals surface area contributed by atoms with Gasteiger partial charge in [0.2, 0.25) is 0 Å². The molecule has 7 heteroatoms. The van der Waals surface area contributed by atoms with Gasteiger partial charge in [-0.15, -0.1) is 11.8 Å². The average Bonchev–Trinajstić information content (AvgIpc) is 3.62. The fourth-order valence-electron chi connectivity index (χ4n) is 8.85. The maximum absolute atomic E-state index is 5.15. The van der Waals surface area contributed by atoms with Crippen LogP contribution in [0.25, 0.3) is 78.9 Å². The summed E-state index contributed by atoms with van der Waals surface area (Å²) < 4.78 is 0. The Morgan fingerprint density at radius 3 is 1.53 bits per heavy atom. The second-order valence-corrected chi connectivity index (χ2v) is 16.4. The van der Waals surface area contributed by atoms with Crippen molar-refractivity contribution in [2.75, 3.05) is 5.75 Å². The molecule has 5 heterocycles. The number of rotatable bonds is 6. The molecule has 10 rings (SSSR count). The zero-order chi connectivity index (χ0) is 41.9. The first-order chi connectivity index (χ1) is 30.6. The van der Waals surface area contributed by atoms with E-state index < -0.39 is 5.41 Å². The minimum Gasteiger partial charge on any atom is -0.265 e. The van der Waals surface area contributed by atoms with Gasteiger partial charge in [0.1, 0.15) is 0 Å². The predicted molar refractivity (Wildman–Crippen MR) is 255 cm³/mol. The molecule has 0 radical (unpaired) electrons. The van der Waals surface area contributed by atoms with Crippen molar-refractivity contribution < 1.29 is 0 Å². The van der Waals surface area contributed by atoms with E-state index in [2.05, 4.69) is 133 Å². The molecule has 0 saturated heterocycles. The van der Waals surface area contributed by atoms with Gasteiger partial charge >= 0.3 is 0 Å². The first-order valence-electron chi connectivity index (χ1n) is 20.9. The molecule has 0 amide bonds. The lowest BCUT2D eigenvalue weighted by Gasteiger charge is -2.36. The summed E-state index contributed by atoms with van der Waals surface area (Å²) in [6, 6.07) is 46.6. The van der Waals surface area contributed by atoms with Crippen LogP contribution in [-0.2, 0) is 5.41 Å². The van der Waals surface area contributed by atoms with Gasteiger partial charge in [0, 0.05) is 63.3 Å². The number of hydrogen-bond donors (Lipinski definition) is 0. The third-order valence-electron chi connectivity index (χ3n) is 11.7. The van der Waals surface area contributed by atoms with E-state index in [1.807, 2.05) is 97.2 Å². The van der Waals surface area contributed by atoms with E-state index >= 15 is 0 Å².